The molecule has 0 aliphatic carbocycles. The number of guanidine groups is 1. The van der Waals surface area contributed by atoms with Gasteiger partial charge in [0.2, 0.25) is 11.9 Å². The molecule has 1 atom stereocenters. The first kappa shape index (κ1) is 12.0. The Bertz CT molecular complexity index is 372. The number of terminal acetylenes is 1. The van der Waals surface area contributed by atoms with Crippen molar-refractivity contribution in [3.63, 3.8) is 0 Å². The predicted molar refractivity (Wildman–Crippen MR) is 56.6 cm³/mol. The van der Waals surface area contributed by atoms with Crippen LogP contribution in [0.4, 0.5) is 0 Å². The normalized spacial score (nSPS) is 19.4. The van der Waals surface area contributed by atoms with Crippen molar-refractivity contribution in [2.75, 3.05) is 20.1 Å². The molecule has 16 heavy (non-hydrogen) atoms. The highest BCUT2D eigenvalue weighted by atomic mass is 16.4. The highest BCUT2D eigenvalue weighted by Gasteiger charge is 2.32. The summed E-state index contributed by atoms with van der Waals surface area (Å²) in [6.45, 7) is -0.0263. The van der Waals surface area contributed by atoms with E-state index < -0.39 is 5.97 Å². The summed E-state index contributed by atoms with van der Waals surface area (Å²) in [5, 5.41) is 16.2. The molecule has 2 N–H and O–H groups in total. The summed E-state index contributed by atoms with van der Waals surface area (Å²) in [7, 11) is 1.45. The number of nitrogens with one attached hydrogen (secondary N) is 1. The monoisotopic (exact) mass is 223 g/mol. The number of rotatable bonds is 2. The van der Waals surface area contributed by atoms with Crippen molar-refractivity contribution < 1.29 is 14.7 Å². The average molecular weight is 223 g/mol. The Labute approximate surface area is 93.3 Å². The summed E-state index contributed by atoms with van der Waals surface area (Å²) in [5.74, 6) is 0.876. The van der Waals surface area contributed by atoms with Gasteiger partial charge in [0.05, 0.1) is 0 Å². The number of amides is 1. The van der Waals surface area contributed by atoms with Crippen LogP contribution in [0.15, 0.2) is 0 Å². The molecule has 0 spiro atoms. The minimum atomic E-state index is -1.05. The third kappa shape index (κ3) is 2.51. The lowest BCUT2D eigenvalue weighted by molar-refractivity contribution is -0.137. The van der Waals surface area contributed by atoms with E-state index in [0.717, 1.165) is 0 Å². The topological polar surface area (TPSA) is 84.7 Å². The number of likely N-dealkylation sites (N-methyl/N-ethyl adjacent to an activating group) is 1. The lowest BCUT2D eigenvalue weighted by Crippen LogP contribution is -2.44. The summed E-state index contributed by atoms with van der Waals surface area (Å²) >= 11 is 0. The SMILES string of the molecule is C#CC1CC(=O)N(C(=N)N(C)CC(=O)O)C1. The van der Waals surface area contributed by atoms with E-state index in [2.05, 4.69) is 5.92 Å². The molecule has 1 aliphatic rings. The maximum absolute atomic E-state index is 11.5. The molecule has 0 radical (unpaired) electrons. The summed E-state index contributed by atoms with van der Waals surface area (Å²) in [4.78, 5) is 24.4. The fraction of sp³-hybridized carbons (Fsp3) is 0.500. The van der Waals surface area contributed by atoms with E-state index in [1.165, 1.54) is 16.8 Å². The van der Waals surface area contributed by atoms with Crippen LogP contribution in [0.5, 0.6) is 0 Å². The van der Waals surface area contributed by atoms with Crippen molar-refractivity contribution in [2.24, 2.45) is 5.92 Å². The molecule has 1 aliphatic heterocycles. The Morgan fingerprint density at radius 3 is 2.88 bits per heavy atom. The number of carboxylic acids is 1. The van der Waals surface area contributed by atoms with Gasteiger partial charge in [-0.25, -0.2) is 0 Å². The molecule has 1 fully saturated rings. The lowest BCUT2D eigenvalue weighted by atomic mass is 10.1. The van der Waals surface area contributed by atoms with Gasteiger partial charge >= 0.3 is 5.97 Å². The van der Waals surface area contributed by atoms with Crippen LogP contribution in [-0.4, -0.2) is 52.9 Å². The van der Waals surface area contributed by atoms with Crippen molar-refractivity contribution >= 4 is 17.8 Å². The Hall–Kier alpha value is -2.03. The van der Waals surface area contributed by atoms with Crippen molar-refractivity contribution in [2.45, 2.75) is 6.42 Å². The molecule has 6 nitrogen and oxygen atoms in total. The first-order valence-electron chi connectivity index (χ1n) is 4.73. The van der Waals surface area contributed by atoms with Gasteiger partial charge in [0.25, 0.3) is 0 Å². The molecule has 1 unspecified atom stereocenters. The number of carbonyl (C=O) groups is 2. The first-order chi connectivity index (χ1) is 7.45. The summed E-state index contributed by atoms with van der Waals surface area (Å²) < 4.78 is 0. The van der Waals surface area contributed by atoms with E-state index in [9.17, 15) is 9.59 Å². The zero-order valence-corrected chi connectivity index (χ0v) is 8.93. The molecule has 1 amide bonds. The molecule has 0 aromatic rings. The van der Waals surface area contributed by atoms with Crippen LogP contribution in [0.25, 0.3) is 0 Å². The second kappa shape index (κ2) is 4.66. The number of hydrogen-bond acceptors (Lipinski definition) is 3. The molecule has 6 heteroatoms. The summed E-state index contributed by atoms with van der Waals surface area (Å²) in [5.41, 5.74) is 0. The van der Waals surface area contributed by atoms with E-state index >= 15 is 0 Å². The Balaban J connectivity index is 2.65. The molecular formula is C10H13N3O3. The average Bonchev–Trinajstić information content (AvgIpc) is 2.57. The summed E-state index contributed by atoms with van der Waals surface area (Å²) in [6, 6.07) is 0. The van der Waals surface area contributed by atoms with Crippen molar-refractivity contribution in [3.05, 3.63) is 0 Å². The molecule has 86 valence electrons. The molecular weight excluding hydrogens is 210 g/mol. The third-order valence-corrected chi connectivity index (χ3v) is 2.35. The highest BCUT2D eigenvalue weighted by Crippen LogP contribution is 2.17. The fourth-order valence-corrected chi connectivity index (χ4v) is 1.51. The van der Waals surface area contributed by atoms with E-state index in [0.29, 0.717) is 0 Å². The number of aliphatic carboxylic acids is 1. The van der Waals surface area contributed by atoms with E-state index in [1.54, 1.807) is 0 Å². The lowest BCUT2D eigenvalue weighted by Gasteiger charge is -2.24. The maximum Gasteiger partial charge on any atom is 0.323 e. The van der Waals surface area contributed by atoms with E-state index in [-0.39, 0.29) is 37.3 Å². The summed E-state index contributed by atoms with van der Waals surface area (Å²) in [6.07, 6.45) is 5.43. The molecule has 0 bridgehead atoms. The number of carbonyl (C=O) groups excluding carboxylic acids is 1. The second-order valence-electron chi connectivity index (χ2n) is 3.65. The zero-order valence-electron chi connectivity index (χ0n) is 8.93. The van der Waals surface area contributed by atoms with E-state index in [1.807, 2.05) is 0 Å². The van der Waals surface area contributed by atoms with Gasteiger partial charge in [-0.1, -0.05) is 0 Å². The minimum Gasteiger partial charge on any atom is -0.480 e. The maximum atomic E-state index is 11.5. The van der Waals surface area contributed by atoms with Crippen molar-refractivity contribution in [1.29, 1.82) is 5.41 Å². The van der Waals surface area contributed by atoms with Crippen LogP contribution in [0.2, 0.25) is 0 Å². The molecule has 0 aromatic carbocycles. The standard InChI is InChI=1S/C10H13N3O3/c1-3-7-4-8(14)13(5-7)10(11)12(2)6-9(15)16/h1,7,11H,4-6H2,2H3,(H,15,16). The predicted octanol–water partition coefficient (Wildman–Crippen LogP) is -0.581. The molecule has 1 heterocycles. The third-order valence-electron chi connectivity index (χ3n) is 2.35. The van der Waals surface area contributed by atoms with Crippen LogP contribution in [-0.2, 0) is 9.59 Å². The molecule has 1 saturated heterocycles. The van der Waals surface area contributed by atoms with Gasteiger partial charge in [0.1, 0.15) is 6.54 Å². The van der Waals surface area contributed by atoms with Gasteiger partial charge in [-0.15, -0.1) is 12.3 Å². The van der Waals surface area contributed by atoms with Gasteiger partial charge in [-0.05, 0) is 0 Å². The Morgan fingerprint density at radius 2 is 2.44 bits per heavy atom. The van der Waals surface area contributed by atoms with Gasteiger partial charge in [0.15, 0.2) is 0 Å². The van der Waals surface area contributed by atoms with Crippen LogP contribution < -0.4 is 0 Å². The first-order valence-corrected chi connectivity index (χ1v) is 4.73. The molecule has 0 aromatic heterocycles. The Morgan fingerprint density at radius 1 is 1.81 bits per heavy atom. The van der Waals surface area contributed by atoms with Crippen molar-refractivity contribution in [1.82, 2.24) is 9.80 Å². The van der Waals surface area contributed by atoms with Gasteiger partial charge in [0, 0.05) is 25.9 Å². The molecule has 1 rings (SSSR count). The smallest absolute Gasteiger partial charge is 0.323 e. The van der Waals surface area contributed by atoms with Crippen LogP contribution in [0.1, 0.15) is 6.42 Å². The second-order valence-corrected chi connectivity index (χ2v) is 3.65. The fourth-order valence-electron chi connectivity index (χ4n) is 1.51. The molecule has 0 saturated carbocycles. The van der Waals surface area contributed by atoms with Crippen LogP contribution in [0, 0.1) is 23.7 Å². The van der Waals surface area contributed by atoms with Gasteiger partial charge < -0.3 is 10.0 Å². The largest absolute Gasteiger partial charge is 0.480 e. The quantitative estimate of drug-likeness (QED) is 0.372. The van der Waals surface area contributed by atoms with Crippen molar-refractivity contribution in [3.8, 4) is 12.3 Å². The van der Waals surface area contributed by atoms with Gasteiger partial charge in [-0.3, -0.25) is 19.9 Å². The van der Waals surface area contributed by atoms with E-state index in [4.69, 9.17) is 16.9 Å². The number of likely N-dealkylation sites (tertiary alicyclic amines) is 1. The highest BCUT2D eigenvalue weighted by molar-refractivity contribution is 5.98. The minimum absolute atomic E-state index is 0.120. The number of carboxylic acid groups (broad SMARTS) is 1. The van der Waals surface area contributed by atoms with Crippen LogP contribution >= 0.6 is 0 Å². The number of nitrogens with zero attached hydrogens (tertiary/aromatic N) is 2. The zero-order chi connectivity index (χ0) is 12.3. The van der Waals surface area contributed by atoms with Gasteiger partial charge in [-0.2, -0.15) is 0 Å². The van der Waals surface area contributed by atoms with Crippen LogP contribution in [0.3, 0.4) is 0 Å². The Kier molecular flexibility index (Phi) is 3.51. The number of hydrogen-bond donors (Lipinski definition) is 2.